The lowest BCUT2D eigenvalue weighted by molar-refractivity contribution is 0.421. The van der Waals surface area contributed by atoms with Crippen molar-refractivity contribution in [3.8, 4) is 0 Å². The van der Waals surface area contributed by atoms with Crippen LogP contribution in [0.25, 0.3) is 0 Å². The quantitative estimate of drug-likeness (QED) is 0.0373. The Morgan fingerprint density at radius 2 is 0.911 bits per heavy atom. The van der Waals surface area contributed by atoms with Crippen LogP contribution in [0.2, 0.25) is 0 Å². The predicted octanol–water partition coefficient (Wildman–Crippen LogP) is 11.5. The fraction of sp³-hybridized carbons (Fsp3) is 0.278. The Morgan fingerprint density at radius 1 is 0.533 bits per heavy atom. The van der Waals surface area contributed by atoms with E-state index in [0.29, 0.717) is 0 Å². The summed E-state index contributed by atoms with van der Waals surface area (Å²) in [5, 5.41) is 0. The highest BCUT2D eigenvalue weighted by molar-refractivity contribution is 8.84. The average molecular weight is 725 g/mol. The Labute approximate surface area is 302 Å². The second kappa shape index (κ2) is 21.3. The largest absolute Gasteiger partial charge is 0.348 e. The third kappa shape index (κ3) is 14.4. The minimum Gasteiger partial charge on any atom is -0.348 e. The normalized spacial score (nSPS) is 11.6. The van der Waals surface area contributed by atoms with Gasteiger partial charge in [-0.15, -0.1) is 0 Å². The summed E-state index contributed by atoms with van der Waals surface area (Å²) in [6, 6.07) is 42.3. The van der Waals surface area contributed by atoms with Crippen molar-refractivity contribution in [2.75, 3.05) is 5.75 Å². The van der Waals surface area contributed by atoms with Gasteiger partial charge in [0.05, 0.1) is 4.58 Å². The zero-order valence-corrected chi connectivity index (χ0v) is 31.1. The van der Waals surface area contributed by atoms with E-state index in [2.05, 4.69) is 131 Å². The topological polar surface area (TPSA) is 6.48 Å². The van der Waals surface area contributed by atoms with E-state index >= 15 is 0 Å². The van der Waals surface area contributed by atoms with Crippen LogP contribution in [0.15, 0.2) is 121 Å². The molecule has 4 aromatic rings. The van der Waals surface area contributed by atoms with Gasteiger partial charge in [0.25, 0.3) is 0 Å². The van der Waals surface area contributed by atoms with Gasteiger partial charge in [-0.3, -0.25) is 0 Å². The molecular weight excluding hydrogens is 685 g/mol. The number of rotatable bonds is 17. The number of benzene rings is 4. The standard InChI is InChI=1S/C36H40N2S7/c39-34(43-45-36(41)38(28-32-20-10-3-11-21-32)29-33-22-12-4-13-23-33)24-14-5-15-25-42-44-35(40)37(26-30-16-6-1-7-17-30)27-31-18-8-2-9-19-31/h1-4,6-13,16-23,34,39H,5,14-15,24-29H2. The monoisotopic (exact) mass is 724 g/mol. The van der Waals surface area contributed by atoms with Gasteiger partial charge in [-0.05, 0) is 56.7 Å². The van der Waals surface area contributed by atoms with E-state index < -0.39 is 0 Å². The second-order valence-electron chi connectivity index (χ2n) is 10.6. The first kappa shape index (κ1) is 36.2. The van der Waals surface area contributed by atoms with Gasteiger partial charge in [-0.25, -0.2) is 0 Å². The Morgan fingerprint density at radius 3 is 1.31 bits per heavy atom. The van der Waals surface area contributed by atoms with Crippen molar-refractivity contribution in [3.63, 3.8) is 0 Å². The summed E-state index contributed by atoms with van der Waals surface area (Å²) in [4.78, 5) is 4.60. The fourth-order valence-electron chi connectivity index (χ4n) is 4.58. The zero-order chi connectivity index (χ0) is 31.5. The second-order valence-corrected chi connectivity index (χ2v) is 17.6. The Bertz CT molecular complexity index is 1310. The first-order valence-electron chi connectivity index (χ1n) is 15.1. The zero-order valence-electron chi connectivity index (χ0n) is 25.3. The molecule has 0 aliphatic carbocycles. The van der Waals surface area contributed by atoms with Gasteiger partial charge < -0.3 is 9.80 Å². The van der Waals surface area contributed by atoms with Crippen LogP contribution >= 0.6 is 80.2 Å². The Kier molecular flexibility index (Phi) is 17.2. The molecule has 1 atom stereocenters. The maximum Gasteiger partial charge on any atom is 0.147 e. The molecule has 0 heterocycles. The van der Waals surface area contributed by atoms with Crippen molar-refractivity contribution in [3.05, 3.63) is 144 Å². The number of nitrogens with zero attached hydrogens (tertiary/aromatic N) is 2. The first-order chi connectivity index (χ1) is 22.1. The molecule has 0 N–H and O–H groups in total. The number of thiocarbonyl (C=S) groups is 2. The van der Waals surface area contributed by atoms with E-state index in [4.69, 9.17) is 37.1 Å². The number of unbranched alkanes of at least 4 members (excludes halogenated alkanes) is 2. The molecule has 0 saturated carbocycles. The van der Waals surface area contributed by atoms with Gasteiger partial charge in [0, 0.05) is 31.9 Å². The van der Waals surface area contributed by atoms with E-state index in [0.717, 1.165) is 53.4 Å². The van der Waals surface area contributed by atoms with Crippen LogP contribution in [0.1, 0.15) is 47.9 Å². The Balaban J connectivity index is 1.13. The van der Waals surface area contributed by atoms with Gasteiger partial charge in [-0.2, -0.15) is 12.6 Å². The molecule has 0 radical (unpaired) electrons. The summed E-state index contributed by atoms with van der Waals surface area (Å²) in [5.74, 6) is 1.09. The molecule has 0 amide bonds. The van der Waals surface area contributed by atoms with Gasteiger partial charge >= 0.3 is 0 Å². The van der Waals surface area contributed by atoms with Crippen LogP contribution in [0.5, 0.6) is 0 Å². The van der Waals surface area contributed by atoms with Crippen LogP contribution in [-0.4, -0.2) is 28.8 Å². The highest BCUT2D eigenvalue weighted by atomic mass is 33.1. The summed E-state index contributed by atoms with van der Waals surface area (Å²) in [7, 11) is 7.06. The summed E-state index contributed by atoms with van der Waals surface area (Å²) in [6.45, 7) is 3.24. The van der Waals surface area contributed by atoms with Gasteiger partial charge in [0.15, 0.2) is 0 Å². The van der Waals surface area contributed by atoms with Crippen LogP contribution < -0.4 is 0 Å². The van der Waals surface area contributed by atoms with Crippen molar-refractivity contribution in [1.82, 2.24) is 9.80 Å². The average Bonchev–Trinajstić information content (AvgIpc) is 3.08. The molecular formula is C36H40N2S7. The molecule has 0 saturated heterocycles. The molecule has 236 valence electrons. The smallest absolute Gasteiger partial charge is 0.147 e. The van der Waals surface area contributed by atoms with Crippen LogP contribution in [0.4, 0.5) is 0 Å². The number of hydrogen-bond donors (Lipinski definition) is 1. The third-order valence-electron chi connectivity index (χ3n) is 6.92. The number of hydrogen-bond acceptors (Lipinski definition) is 7. The van der Waals surface area contributed by atoms with Crippen molar-refractivity contribution >= 4 is 88.9 Å². The molecule has 45 heavy (non-hydrogen) atoms. The van der Waals surface area contributed by atoms with E-state index in [1.807, 2.05) is 10.8 Å². The predicted molar refractivity (Wildman–Crippen MR) is 216 cm³/mol. The Hall–Kier alpha value is -1.59. The minimum absolute atomic E-state index is 0.252. The molecule has 4 aromatic carbocycles. The highest BCUT2D eigenvalue weighted by Gasteiger charge is 2.15. The van der Waals surface area contributed by atoms with Crippen LogP contribution in [0, 0.1) is 0 Å². The fourth-order valence-corrected chi connectivity index (χ4v) is 10.0. The van der Waals surface area contributed by atoms with E-state index in [1.165, 1.54) is 35.1 Å². The maximum atomic E-state index is 5.90. The lowest BCUT2D eigenvalue weighted by atomic mass is 10.2. The maximum absolute atomic E-state index is 5.90. The molecule has 0 fully saturated rings. The summed E-state index contributed by atoms with van der Waals surface area (Å²) < 4.78 is 2.10. The van der Waals surface area contributed by atoms with Gasteiger partial charge in [0.1, 0.15) is 8.64 Å². The molecule has 9 heteroatoms. The SMILES string of the molecule is S=C(SSCCCCCC(S)SSC(=S)N(Cc1ccccc1)Cc1ccccc1)N(Cc1ccccc1)Cc1ccccc1. The highest BCUT2D eigenvalue weighted by Crippen LogP contribution is 2.35. The summed E-state index contributed by atoms with van der Waals surface area (Å²) in [5.41, 5.74) is 5.08. The summed E-state index contributed by atoms with van der Waals surface area (Å²) >= 11 is 16.7. The van der Waals surface area contributed by atoms with Crippen molar-refractivity contribution in [1.29, 1.82) is 0 Å². The molecule has 1 unspecified atom stereocenters. The van der Waals surface area contributed by atoms with Crippen molar-refractivity contribution < 1.29 is 0 Å². The molecule has 0 aromatic heterocycles. The van der Waals surface area contributed by atoms with E-state index in [9.17, 15) is 0 Å². The van der Waals surface area contributed by atoms with Crippen molar-refractivity contribution in [2.24, 2.45) is 0 Å². The third-order valence-corrected chi connectivity index (χ3v) is 14.3. The van der Waals surface area contributed by atoms with Crippen molar-refractivity contribution in [2.45, 2.75) is 56.4 Å². The van der Waals surface area contributed by atoms with Crippen LogP contribution in [-0.2, 0) is 26.2 Å². The van der Waals surface area contributed by atoms with Crippen LogP contribution in [0.3, 0.4) is 0 Å². The van der Waals surface area contributed by atoms with E-state index in [1.54, 1.807) is 32.4 Å². The lowest BCUT2D eigenvalue weighted by Crippen LogP contribution is -2.26. The van der Waals surface area contributed by atoms with Gasteiger partial charge in [-0.1, -0.05) is 180 Å². The molecule has 0 aliphatic rings. The van der Waals surface area contributed by atoms with E-state index in [-0.39, 0.29) is 4.58 Å². The molecule has 0 bridgehead atoms. The first-order valence-corrected chi connectivity index (χ1v) is 21.0. The minimum atomic E-state index is 0.252. The summed E-state index contributed by atoms with van der Waals surface area (Å²) in [6.07, 6.45) is 4.60. The molecule has 0 aliphatic heterocycles. The lowest BCUT2D eigenvalue weighted by Gasteiger charge is -2.25. The molecule has 2 nitrogen and oxygen atoms in total. The molecule has 4 rings (SSSR count). The molecule has 0 spiro atoms. The number of thiol groups is 1. The van der Waals surface area contributed by atoms with Gasteiger partial charge in [0.2, 0.25) is 0 Å².